The van der Waals surface area contributed by atoms with Crippen LogP contribution in [-0.4, -0.2) is 28.8 Å². The predicted octanol–water partition coefficient (Wildman–Crippen LogP) is 3.41. The number of benzene rings is 1. The first-order valence-corrected chi connectivity index (χ1v) is 9.06. The van der Waals surface area contributed by atoms with Crippen LogP contribution >= 0.6 is 11.8 Å². The third-order valence-electron chi connectivity index (χ3n) is 3.67. The van der Waals surface area contributed by atoms with E-state index >= 15 is 0 Å². The molecule has 0 radical (unpaired) electrons. The number of amides is 1. The van der Waals surface area contributed by atoms with Gasteiger partial charge in [-0.1, -0.05) is 31.1 Å². The number of hydrogen-bond donors (Lipinski definition) is 2. The van der Waals surface area contributed by atoms with E-state index in [0.29, 0.717) is 24.3 Å². The van der Waals surface area contributed by atoms with Gasteiger partial charge in [-0.05, 0) is 31.4 Å². The molecule has 1 unspecified atom stereocenters. The van der Waals surface area contributed by atoms with Crippen LogP contribution in [0.1, 0.15) is 42.1 Å². The van der Waals surface area contributed by atoms with Gasteiger partial charge in [0.05, 0.1) is 23.1 Å². The molecule has 2 aromatic rings. The summed E-state index contributed by atoms with van der Waals surface area (Å²) in [6, 6.07) is 9.38. The Morgan fingerprint density at radius 3 is 2.79 bits per heavy atom. The van der Waals surface area contributed by atoms with Crippen LogP contribution in [0.2, 0.25) is 0 Å². The lowest BCUT2D eigenvalue weighted by Crippen LogP contribution is -2.29. The Morgan fingerprint density at radius 1 is 1.38 bits per heavy atom. The van der Waals surface area contributed by atoms with Crippen molar-refractivity contribution in [3.8, 4) is 0 Å². The largest absolute Gasteiger partial charge is 0.393 e. The zero-order valence-corrected chi connectivity index (χ0v) is 15.1. The van der Waals surface area contributed by atoms with Gasteiger partial charge in [-0.15, -0.1) is 11.8 Å². The maximum absolute atomic E-state index is 12.4. The van der Waals surface area contributed by atoms with Gasteiger partial charge in [0, 0.05) is 17.5 Å². The average molecular weight is 348 g/mol. The van der Waals surface area contributed by atoms with Crippen LogP contribution in [0.25, 0.3) is 0 Å². The summed E-state index contributed by atoms with van der Waals surface area (Å²) in [7, 11) is 0. The van der Waals surface area contributed by atoms with E-state index in [1.807, 2.05) is 51.1 Å². The highest BCUT2D eigenvalue weighted by molar-refractivity contribution is 7.98. The SMILES string of the molecule is Cc1cc(CSc2ccccc2C(=O)NCCC(O)C(C)C)on1. The summed E-state index contributed by atoms with van der Waals surface area (Å²) in [5, 5.41) is 16.6. The van der Waals surface area contributed by atoms with Gasteiger partial charge in [-0.3, -0.25) is 4.79 Å². The Hall–Kier alpha value is -1.79. The first-order valence-electron chi connectivity index (χ1n) is 8.07. The van der Waals surface area contributed by atoms with E-state index in [-0.39, 0.29) is 11.8 Å². The molecule has 0 aliphatic heterocycles. The number of aryl methyl sites for hydroxylation is 1. The molecule has 0 saturated heterocycles. The van der Waals surface area contributed by atoms with Gasteiger partial charge < -0.3 is 14.9 Å². The smallest absolute Gasteiger partial charge is 0.252 e. The molecule has 1 aromatic heterocycles. The lowest BCUT2D eigenvalue weighted by atomic mass is 10.0. The Morgan fingerprint density at radius 2 is 2.12 bits per heavy atom. The molecule has 0 saturated carbocycles. The van der Waals surface area contributed by atoms with Crippen molar-refractivity contribution in [1.82, 2.24) is 10.5 Å². The summed E-state index contributed by atoms with van der Waals surface area (Å²) in [5.74, 6) is 1.47. The van der Waals surface area contributed by atoms with Gasteiger partial charge in [-0.25, -0.2) is 0 Å². The van der Waals surface area contributed by atoms with Crippen molar-refractivity contribution in [2.24, 2.45) is 5.92 Å². The monoisotopic (exact) mass is 348 g/mol. The van der Waals surface area contributed by atoms with E-state index in [1.54, 1.807) is 11.8 Å². The number of carbonyl (C=O) groups excluding carboxylic acids is 1. The van der Waals surface area contributed by atoms with Gasteiger partial charge >= 0.3 is 0 Å². The van der Waals surface area contributed by atoms with Crippen LogP contribution in [0.5, 0.6) is 0 Å². The second-order valence-corrected chi connectivity index (χ2v) is 7.09. The number of carbonyl (C=O) groups is 1. The molecule has 2 rings (SSSR count). The topological polar surface area (TPSA) is 75.4 Å². The van der Waals surface area contributed by atoms with Gasteiger partial charge in [0.1, 0.15) is 5.76 Å². The summed E-state index contributed by atoms with van der Waals surface area (Å²) in [6.07, 6.45) is 0.153. The van der Waals surface area contributed by atoms with E-state index < -0.39 is 6.10 Å². The van der Waals surface area contributed by atoms with Crippen LogP contribution < -0.4 is 5.32 Å². The third kappa shape index (κ3) is 5.39. The highest BCUT2D eigenvalue weighted by Gasteiger charge is 2.14. The molecule has 6 heteroatoms. The van der Waals surface area contributed by atoms with Crippen molar-refractivity contribution < 1.29 is 14.4 Å². The Labute approximate surface area is 146 Å². The molecule has 0 bridgehead atoms. The Balaban J connectivity index is 1.93. The van der Waals surface area contributed by atoms with Gasteiger partial charge in [0.15, 0.2) is 0 Å². The van der Waals surface area contributed by atoms with Crippen LogP contribution in [0.4, 0.5) is 0 Å². The Bertz CT molecular complexity index is 670. The summed E-state index contributed by atoms with van der Waals surface area (Å²) < 4.78 is 5.20. The molecular weight excluding hydrogens is 324 g/mol. The second kappa shape index (κ2) is 8.89. The number of nitrogens with zero attached hydrogens (tertiary/aromatic N) is 1. The molecule has 24 heavy (non-hydrogen) atoms. The molecule has 130 valence electrons. The highest BCUT2D eigenvalue weighted by Crippen LogP contribution is 2.26. The molecule has 0 spiro atoms. The number of aromatic nitrogens is 1. The fourth-order valence-electron chi connectivity index (χ4n) is 2.18. The summed E-state index contributed by atoms with van der Waals surface area (Å²) in [6.45, 7) is 6.26. The maximum atomic E-state index is 12.4. The number of rotatable bonds is 8. The Kier molecular flexibility index (Phi) is 6.87. The zero-order valence-electron chi connectivity index (χ0n) is 14.3. The first-order chi connectivity index (χ1) is 11.5. The normalized spacial score (nSPS) is 12.4. The molecule has 2 N–H and O–H groups in total. The van der Waals surface area contributed by atoms with Crippen molar-refractivity contribution in [3.05, 3.63) is 47.3 Å². The van der Waals surface area contributed by atoms with Gasteiger partial charge in [0.25, 0.3) is 5.91 Å². The number of thioether (sulfide) groups is 1. The molecule has 1 heterocycles. The van der Waals surface area contributed by atoms with Crippen LogP contribution in [0, 0.1) is 12.8 Å². The van der Waals surface area contributed by atoms with Gasteiger partial charge in [0.2, 0.25) is 0 Å². The second-order valence-electron chi connectivity index (χ2n) is 6.08. The molecule has 0 fully saturated rings. The number of hydrogen-bond acceptors (Lipinski definition) is 5. The van der Waals surface area contributed by atoms with Crippen molar-refractivity contribution in [1.29, 1.82) is 0 Å². The third-order valence-corrected chi connectivity index (χ3v) is 4.77. The highest BCUT2D eigenvalue weighted by atomic mass is 32.2. The first kappa shape index (κ1) is 18.5. The quantitative estimate of drug-likeness (QED) is 0.715. The van der Waals surface area contributed by atoms with Crippen molar-refractivity contribution in [2.45, 2.75) is 43.9 Å². The molecule has 0 aliphatic carbocycles. The molecule has 1 amide bonds. The lowest BCUT2D eigenvalue weighted by Gasteiger charge is -2.15. The van der Waals surface area contributed by atoms with E-state index in [9.17, 15) is 9.90 Å². The average Bonchev–Trinajstić information content (AvgIpc) is 2.98. The van der Waals surface area contributed by atoms with E-state index in [1.165, 1.54) is 0 Å². The minimum absolute atomic E-state index is 0.122. The summed E-state index contributed by atoms with van der Waals surface area (Å²) >= 11 is 1.54. The van der Waals surface area contributed by atoms with E-state index in [2.05, 4.69) is 10.5 Å². The molecule has 1 aromatic carbocycles. The number of aliphatic hydroxyl groups is 1. The van der Waals surface area contributed by atoms with Crippen molar-refractivity contribution in [2.75, 3.05) is 6.54 Å². The zero-order chi connectivity index (χ0) is 17.5. The lowest BCUT2D eigenvalue weighted by molar-refractivity contribution is 0.0917. The van der Waals surface area contributed by atoms with Crippen molar-refractivity contribution in [3.63, 3.8) is 0 Å². The summed E-state index contributed by atoms with van der Waals surface area (Å²) in [5.41, 5.74) is 1.48. The molecular formula is C18H24N2O3S. The maximum Gasteiger partial charge on any atom is 0.252 e. The fourth-order valence-corrected chi connectivity index (χ4v) is 3.10. The number of aliphatic hydroxyl groups excluding tert-OH is 1. The van der Waals surface area contributed by atoms with Crippen LogP contribution in [-0.2, 0) is 5.75 Å². The van der Waals surface area contributed by atoms with E-state index in [4.69, 9.17) is 4.52 Å². The van der Waals surface area contributed by atoms with Gasteiger partial charge in [-0.2, -0.15) is 0 Å². The minimum Gasteiger partial charge on any atom is -0.393 e. The summed E-state index contributed by atoms with van der Waals surface area (Å²) in [4.78, 5) is 13.3. The van der Waals surface area contributed by atoms with Crippen molar-refractivity contribution >= 4 is 17.7 Å². The molecule has 5 nitrogen and oxygen atoms in total. The number of nitrogens with one attached hydrogen (secondary N) is 1. The standard InChI is InChI=1S/C18H24N2O3S/c1-12(2)16(21)8-9-19-18(22)15-6-4-5-7-17(15)24-11-14-10-13(3)20-23-14/h4-7,10,12,16,21H,8-9,11H2,1-3H3,(H,19,22). The van der Waals surface area contributed by atoms with Crippen LogP contribution in [0.3, 0.4) is 0 Å². The van der Waals surface area contributed by atoms with E-state index in [0.717, 1.165) is 16.3 Å². The van der Waals surface area contributed by atoms with Crippen LogP contribution in [0.15, 0.2) is 39.8 Å². The molecule has 1 atom stereocenters. The predicted molar refractivity (Wildman–Crippen MR) is 95.0 cm³/mol. The molecule has 0 aliphatic rings. The minimum atomic E-state index is -0.399. The fraction of sp³-hybridized carbons (Fsp3) is 0.444.